The molecule has 0 bridgehead atoms. The Hall–Kier alpha value is -2.02. The van der Waals surface area contributed by atoms with Crippen LogP contribution in [0.4, 0.5) is 5.69 Å². The van der Waals surface area contributed by atoms with E-state index >= 15 is 0 Å². The highest BCUT2D eigenvalue weighted by atomic mass is 79.9. The minimum Gasteiger partial charge on any atom is -0.493 e. The molecule has 1 aromatic heterocycles. The van der Waals surface area contributed by atoms with Crippen molar-refractivity contribution in [3.8, 4) is 11.5 Å². The van der Waals surface area contributed by atoms with Gasteiger partial charge in [-0.1, -0.05) is 12.1 Å². The molecule has 0 saturated carbocycles. The van der Waals surface area contributed by atoms with Gasteiger partial charge in [0.05, 0.1) is 18.2 Å². The number of methoxy groups -OCH3 is 1. The zero-order chi connectivity index (χ0) is 17.0. The Labute approximate surface area is 143 Å². The second-order valence-corrected chi connectivity index (χ2v) is 5.85. The number of aromatic nitrogens is 1. The molecule has 0 aliphatic carbocycles. The Kier molecular flexibility index (Phi) is 5.65. The molecule has 7 heteroatoms. The van der Waals surface area contributed by atoms with Gasteiger partial charge in [0, 0.05) is 5.56 Å². The monoisotopic (exact) mass is 382 g/mol. The van der Waals surface area contributed by atoms with Crippen LogP contribution in [0, 0.1) is 13.8 Å². The molecule has 0 radical (unpaired) electrons. The number of rotatable bonds is 6. The Morgan fingerprint density at radius 3 is 2.70 bits per heavy atom. The lowest BCUT2D eigenvalue weighted by Crippen LogP contribution is -2.13. The third-order valence-corrected chi connectivity index (χ3v) is 3.80. The molecule has 1 N–H and O–H groups in total. The van der Waals surface area contributed by atoms with Crippen LogP contribution in [-0.4, -0.2) is 24.8 Å². The van der Waals surface area contributed by atoms with Crippen LogP contribution in [0.5, 0.6) is 11.5 Å². The molecule has 1 aromatic carbocycles. The average molecular weight is 383 g/mol. The summed E-state index contributed by atoms with van der Waals surface area (Å²) in [6, 6.07) is 3.34. The van der Waals surface area contributed by atoms with Crippen molar-refractivity contribution in [2.75, 3.05) is 19.0 Å². The van der Waals surface area contributed by atoms with Crippen molar-refractivity contribution in [2.24, 2.45) is 0 Å². The molecule has 1 heterocycles. The summed E-state index contributed by atoms with van der Waals surface area (Å²) in [5, 5.41) is 6.62. The molecule has 2 rings (SSSR count). The van der Waals surface area contributed by atoms with Gasteiger partial charge >= 0.3 is 0 Å². The number of anilines is 1. The maximum absolute atomic E-state index is 12.5. The lowest BCUT2D eigenvalue weighted by Gasteiger charge is -2.14. The average Bonchev–Trinajstić information content (AvgIpc) is 2.84. The molecule has 0 atom stereocenters. The number of amides is 1. The summed E-state index contributed by atoms with van der Waals surface area (Å²) >= 11 is 3.43. The van der Waals surface area contributed by atoms with Crippen molar-refractivity contribution in [2.45, 2.75) is 27.2 Å². The Balaban J connectivity index is 2.29. The number of hydrogen-bond donors (Lipinski definition) is 1. The van der Waals surface area contributed by atoms with Gasteiger partial charge in [-0.2, -0.15) is 0 Å². The highest BCUT2D eigenvalue weighted by Gasteiger charge is 2.18. The summed E-state index contributed by atoms with van der Waals surface area (Å²) in [5.41, 5.74) is 1.65. The number of halogens is 1. The predicted octanol–water partition coefficient (Wildman–Crippen LogP) is 4.10. The van der Waals surface area contributed by atoms with Crippen LogP contribution in [0.3, 0.4) is 0 Å². The first kappa shape index (κ1) is 17.3. The fourth-order valence-corrected chi connectivity index (χ4v) is 2.60. The number of nitrogens with zero attached hydrogens (tertiary/aromatic N) is 1. The van der Waals surface area contributed by atoms with Crippen molar-refractivity contribution < 1.29 is 18.8 Å². The van der Waals surface area contributed by atoms with Crippen LogP contribution in [0.25, 0.3) is 0 Å². The van der Waals surface area contributed by atoms with E-state index in [1.54, 1.807) is 26.0 Å². The summed E-state index contributed by atoms with van der Waals surface area (Å²) < 4.78 is 16.7. The van der Waals surface area contributed by atoms with E-state index in [1.807, 2.05) is 6.92 Å². The van der Waals surface area contributed by atoms with Crippen LogP contribution in [0.15, 0.2) is 21.1 Å². The number of benzene rings is 1. The molecule has 2 aromatic rings. The van der Waals surface area contributed by atoms with E-state index in [0.717, 1.165) is 6.42 Å². The standard InChI is InChI=1S/C16H19BrN2O4/c1-5-6-22-15-12(17)7-11(8-13(15)21-4)16(20)18-14-9(2)19-23-10(14)3/h7-8H,5-6H2,1-4H3,(H,18,20). The molecular formula is C16H19BrN2O4. The Bertz CT molecular complexity index is 693. The lowest BCUT2D eigenvalue weighted by molar-refractivity contribution is 0.102. The highest BCUT2D eigenvalue weighted by molar-refractivity contribution is 9.10. The predicted molar refractivity (Wildman–Crippen MR) is 90.4 cm³/mol. The zero-order valence-corrected chi connectivity index (χ0v) is 15.1. The van der Waals surface area contributed by atoms with Gasteiger partial charge in [0.1, 0.15) is 11.4 Å². The topological polar surface area (TPSA) is 73.6 Å². The van der Waals surface area contributed by atoms with Crippen molar-refractivity contribution in [1.29, 1.82) is 0 Å². The van der Waals surface area contributed by atoms with Crippen molar-refractivity contribution in [3.63, 3.8) is 0 Å². The van der Waals surface area contributed by atoms with Crippen LogP contribution in [0.1, 0.15) is 35.2 Å². The third kappa shape index (κ3) is 3.85. The molecule has 23 heavy (non-hydrogen) atoms. The number of carbonyl (C=O) groups is 1. The number of ether oxygens (including phenoxy) is 2. The van der Waals surface area contributed by atoms with E-state index < -0.39 is 0 Å². The number of nitrogens with one attached hydrogen (secondary N) is 1. The van der Waals surface area contributed by atoms with Gasteiger partial charge in [0.25, 0.3) is 5.91 Å². The normalized spacial score (nSPS) is 10.5. The second kappa shape index (κ2) is 7.50. The van der Waals surface area contributed by atoms with Crippen molar-refractivity contribution in [1.82, 2.24) is 5.16 Å². The lowest BCUT2D eigenvalue weighted by atomic mass is 10.1. The van der Waals surface area contributed by atoms with Crippen molar-refractivity contribution >= 4 is 27.5 Å². The first-order valence-corrected chi connectivity index (χ1v) is 8.01. The summed E-state index contributed by atoms with van der Waals surface area (Å²) in [7, 11) is 1.54. The summed E-state index contributed by atoms with van der Waals surface area (Å²) in [4.78, 5) is 12.5. The van der Waals surface area contributed by atoms with Gasteiger partial charge in [-0.05, 0) is 48.3 Å². The molecule has 0 unspecified atom stereocenters. The molecule has 0 saturated heterocycles. The van der Waals surface area contributed by atoms with Gasteiger partial charge < -0.3 is 19.3 Å². The molecular weight excluding hydrogens is 364 g/mol. The number of hydrogen-bond acceptors (Lipinski definition) is 5. The maximum Gasteiger partial charge on any atom is 0.255 e. The summed E-state index contributed by atoms with van der Waals surface area (Å²) in [5.74, 6) is 1.37. The molecule has 0 spiro atoms. The first-order chi connectivity index (χ1) is 11.0. The van der Waals surface area contributed by atoms with Gasteiger partial charge in [-0.3, -0.25) is 4.79 Å². The smallest absolute Gasteiger partial charge is 0.255 e. The fourth-order valence-electron chi connectivity index (χ4n) is 2.04. The second-order valence-electron chi connectivity index (χ2n) is 4.99. The van der Waals surface area contributed by atoms with E-state index in [1.165, 1.54) is 7.11 Å². The summed E-state index contributed by atoms with van der Waals surface area (Å²) in [6.07, 6.45) is 0.879. The molecule has 0 aliphatic heterocycles. The van der Waals surface area contributed by atoms with E-state index in [-0.39, 0.29) is 5.91 Å². The van der Waals surface area contributed by atoms with Crippen LogP contribution in [-0.2, 0) is 0 Å². The molecule has 1 amide bonds. The fraction of sp³-hybridized carbons (Fsp3) is 0.375. The van der Waals surface area contributed by atoms with E-state index in [4.69, 9.17) is 14.0 Å². The molecule has 0 aliphatic rings. The van der Waals surface area contributed by atoms with Crippen molar-refractivity contribution in [3.05, 3.63) is 33.6 Å². The molecule has 6 nitrogen and oxygen atoms in total. The molecule has 124 valence electrons. The van der Waals surface area contributed by atoms with Gasteiger partial charge in [0.15, 0.2) is 17.3 Å². The highest BCUT2D eigenvalue weighted by Crippen LogP contribution is 2.37. The van der Waals surface area contributed by atoms with E-state index in [9.17, 15) is 4.79 Å². The minimum atomic E-state index is -0.277. The Morgan fingerprint density at radius 2 is 2.13 bits per heavy atom. The molecule has 0 fully saturated rings. The third-order valence-electron chi connectivity index (χ3n) is 3.21. The maximum atomic E-state index is 12.5. The number of aryl methyl sites for hydroxylation is 2. The summed E-state index contributed by atoms with van der Waals surface area (Å²) in [6.45, 7) is 6.10. The van der Waals surface area contributed by atoms with Crippen LogP contribution in [0.2, 0.25) is 0 Å². The largest absolute Gasteiger partial charge is 0.493 e. The minimum absolute atomic E-state index is 0.277. The Morgan fingerprint density at radius 1 is 1.39 bits per heavy atom. The van der Waals surface area contributed by atoms with Gasteiger partial charge in [-0.15, -0.1) is 0 Å². The van der Waals surface area contributed by atoms with Gasteiger partial charge in [0.2, 0.25) is 0 Å². The quantitative estimate of drug-likeness (QED) is 0.813. The van der Waals surface area contributed by atoms with E-state index in [2.05, 4.69) is 26.4 Å². The van der Waals surface area contributed by atoms with Crippen LogP contribution < -0.4 is 14.8 Å². The zero-order valence-electron chi connectivity index (χ0n) is 13.5. The SMILES string of the molecule is CCCOc1c(Br)cc(C(=O)Nc2c(C)noc2C)cc1OC. The first-order valence-electron chi connectivity index (χ1n) is 7.22. The van der Waals surface area contributed by atoms with Gasteiger partial charge in [-0.25, -0.2) is 0 Å². The number of carbonyl (C=O) groups excluding carboxylic acids is 1. The van der Waals surface area contributed by atoms with Crippen LogP contribution >= 0.6 is 15.9 Å². The van der Waals surface area contributed by atoms with E-state index in [0.29, 0.717) is 45.3 Å².